The molecule has 4 heteroatoms. The fourth-order valence-corrected chi connectivity index (χ4v) is 1.65. The Morgan fingerprint density at radius 3 is 2.65 bits per heavy atom. The number of hydrogen-bond acceptors (Lipinski definition) is 2. The number of rotatable bonds is 4. The predicted molar refractivity (Wildman–Crippen MR) is 61.7 cm³/mol. The minimum absolute atomic E-state index is 0.0464. The summed E-state index contributed by atoms with van der Waals surface area (Å²) >= 11 is 0. The molecule has 0 bridgehead atoms. The lowest BCUT2D eigenvalue weighted by Gasteiger charge is -2.16. The van der Waals surface area contributed by atoms with Gasteiger partial charge in [0.1, 0.15) is 5.76 Å². The minimum atomic E-state index is -0.857. The van der Waals surface area contributed by atoms with Gasteiger partial charge in [-0.25, -0.2) is 8.78 Å². The van der Waals surface area contributed by atoms with Gasteiger partial charge in [-0.3, -0.25) is 0 Å². The third kappa shape index (κ3) is 2.64. The molecule has 0 amide bonds. The van der Waals surface area contributed by atoms with E-state index in [1.807, 2.05) is 13.0 Å². The second-order valence-corrected chi connectivity index (χ2v) is 3.75. The lowest BCUT2D eigenvalue weighted by molar-refractivity contribution is 0.473. The summed E-state index contributed by atoms with van der Waals surface area (Å²) in [5.74, 6) is -0.928. The van der Waals surface area contributed by atoms with Crippen molar-refractivity contribution in [1.82, 2.24) is 0 Å². The van der Waals surface area contributed by atoms with Crippen LogP contribution in [-0.4, -0.2) is 0 Å². The second kappa shape index (κ2) is 4.99. The maximum Gasteiger partial charge on any atom is 0.160 e. The summed E-state index contributed by atoms with van der Waals surface area (Å²) < 4.78 is 31.1. The first kappa shape index (κ1) is 11.6. The minimum Gasteiger partial charge on any atom is -0.467 e. The van der Waals surface area contributed by atoms with Crippen molar-refractivity contribution < 1.29 is 13.2 Å². The van der Waals surface area contributed by atoms with Gasteiger partial charge in [0, 0.05) is 11.8 Å². The average Bonchev–Trinajstić information content (AvgIpc) is 2.84. The van der Waals surface area contributed by atoms with Gasteiger partial charge in [-0.05, 0) is 30.7 Å². The maximum absolute atomic E-state index is 13.0. The topological polar surface area (TPSA) is 25.2 Å². The molecule has 0 aliphatic rings. The summed E-state index contributed by atoms with van der Waals surface area (Å²) in [6.45, 7) is 1.99. The molecular weight excluding hydrogens is 224 g/mol. The molecule has 1 N–H and O–H groups in total. The van der Waals surface area contributed by atoms with Crippen LogP contribution in [0, 0.1) is 11.6 Å². The monoisotopic (exact) mass is 237 g/mol. The zero-order valence-electron chi connectivity index (χ0n) is 9.41. The molecule has 0 radical (unpaired) electrons. The molecule has 1 aromatic carbocycles. The Morgan fingerprint density at radius 2 is 2.06 bits per heavy atom. The quantitative estimate of drug-likeness (QED) is 0.865. The smallest absolute Gasteiger partial charge is 0.160 e. The third-order valence-electron chi connectivity index (χ3n) is 2.56. The zero-order chi connectivity index (χ0) is 12.3. The van der Waals surface area contributed by atoms with Crippen molar-refractivity contribution in [2.45, 2.75) is 19.4 Å². The van der Waals surface area contributed by atoms with E-state index in [-0.39, 0.29) is 6.04 Å². The van der Waals surface area contributed by atoms with E-state index >= 15 is 0 Å². The first-order valence-corrected chi connectivity index (χ1v) is 5.45. The molecule has 0 aliphatic carbocycles. The molecule has 2 rings (SSSR count). The fraction of sp³-hybridized carbons (Fsp3) is 0.231. The van der Waals surface area contributed by atoms with E-state index in [4.69, 9.17) is 4.42 Å². The van der Waals surface area contributed by atoms with Crippen molar-refractivity contribution in [3.63, 3.8) is 0 Å². The normalized spacial score (nSPS) is 12.4. The highest BCUT2D eigenvalue weighted by Gasteiger charge is 2.12. The summed E-state index contributed by atoms with van der Waals surface area (Å²) in [4.78, 5) is 0. The number of furan rings is 1. The van der Waals surface area contributed by atoms with Crippen molar-refractivity contribution in [2.24, 2.45) is 0 Å². The zero-order valence-corrected chi connectivity index (χ0v) is 9.41. The van der Waals surface area contributed by atoms with E-state index in [1.165, 1.54) is 6.07 Å². The Bertz CT molecular complexity index is 482. The number of halogens is 2. The van der Waals surface area contributed by atoms with Crippen LogP contribution in [-0.2, 0) is 0 Å². The van der Waals surface area contributed by atoms with E-state index < -0.39 is 11.6 Å². The van der Waals surface area contributed by atoms with E-state index in [9.17, 15) is 8.78 Å². The van der Waals surface area contributed by atoms with Crippen LogP contribution in [0.4, 0.5) is 14.5 Å². The Labute approximate surface area is 98.3 Å². The summed E-state index contributed by atoms with van der Waals surface area (Å²) in [6, 6.07) is 7.35. The molecule has 0 spiro atoms. The van der Waals surface area contributed by atoms with E-state index in [1.54, 1.807) is 12.3 Å². The van der Waals surface area contributed by atoms with Crippen molar-refractivity contribution in [1.29, 1.82) is 0 Å². The molecule has 0 fully saturated rings. The predicted octanol–water partition coefficient (Wildman–Crippen LogP) is 4.12. The van der Waals surface area contributed by atoms with E-state index in [0.29, 0.717) is 5.69 Å². The van der Waals surface area contributed by atoms with E-state index in [2.05, 4.69) is 5.32 Å². The highest BCUT2D eigenvalue weighted by molar-refractivity contribution is 5.45. The Balaban J connectivity index is 2.16. The van der Waals surface area contributed by atoms with Gasteiger partial charge in [0.2, 0.25) is 0 Å². The second-order valence-electron chi connectivity index (χ2n) is 3.75. The molecule has 17 heavy (non-hydrogen) atoms. The largest absolute Gasteiger partial charge is 0.467 e. The van der Waals surface area contributed by atoms with Gasteiger partial charge in [0.15, 0.2) is 11.6 Å². The summed E-state index contributed by atoms with van der Waals surface area (Å²) in [6.07, 6.45) is 2.37. The summed E-state index contributed by atoms with van der Waals surface area (Å²) in [5.41, 5.74) is 0.534. The molecule has 1 atom stereocenters. The lowest BCUT2D eigenvalue weighted by Crippen LogP contribution is -2.09. The number of hydrogen-bond donors (Lipinski definition) is 1. The van der Waals surface area contributed by atoms with Crippen LogP contribution >= 0.6 is 0 Å². The Morgan fingerprint density at radius 1 is 1.24 bits per heavy atom. The molecule has 2 aromatic rings. The van der Waals surface area contributed by atoms with Crippen LogP contribution in [0.1, 0.15) is 25.1 Å². The summed E-state index contributed by atoms with van der Waals surface area (Å²) in [7, 11) is 0. The third-order valence-corrected chi connectivity index (χ3v) is 2.56. The van der Waals surface area contributed by atoms with Gasteiger partial charge >= 0.3 is 0 Å². The van der Waals surface area contributed by atoms with Crippen molar-refractivity contribution >= 4 is 5.69 Å². The van der Waals surface area contributed by atoms with Crippen molar-refractivity contribution in [3.05, 3.63) is 54.0 Å². The molecular formula is C13H13F2NO. The highest BCUT2D eigenvalue weighted by Crippen LogP contribution is 2.23. The van der Waals surface area contributed by atoms with Gasteiger partial charge in [-0.15, -0.1) is 0 Å². The first-order chi connectivity index (χ1) is 8.20. The molecule has 0 saturated carbocycles. The maximum atomic E-state index is 13.0. The number of anilines is 1. The van der Waals surface area contributed by atoms with E-state index in [0.717, 1.165) is 24.3 Å². The Hall–Kier alpha value is -1.84. The van der Waals surface area contributed by atoms with Crippen molar-refractivity contribution in [2.75, 3.05) is 5.32 Å². The van der Waals surface area contributed by atoms with Gasteiger partial charge in [-0.2, -0.15) is 0 Å². The Kier molecular flexibility index (Phi) is 3.42. The summed E-state index contributed by atoms with van der Waals surface area (Å²) in [5, 5.41) is 3.10. The molecule has 1 aromatic heterocycles. The standard InChI is InChI=1S/C13H13F2NO/c1-2-12(13-4-3-7-17-13)16-9-5-6-10(14)11(15)8-9/h3-8,12,16H,2H2,1H3. The molecule has 2 nitrogen and oxygen atoms in total. The van der Waals surface area contributed by atoms with Crippen LogP contribution < -0.4 is 5.32 Å². The van der Waals surface area contributed by atoms with Crippen molar-refractivity contribution in [3.8, 4) is 0 Å². The van der Waals surface area contributed by atoms with Crippen LogP contribution in [0.15, 0.2) is 41.0 Å². The lowest BCUT2D eigenvalue weighted by atomic mass is 10.1. The highest BCUT2D eigenvalue weighted by atomic mass is 19.2. The van der Waals surface area contributed by atoms with Crippen LogP contribution in [0.2, 0.25) is 0 Å². The molecule has 1 unspecified atom stereocenters. The first-order valence-electron chi connectivity index (χ1n) is 5.45. The SMILES string of the molecule is CCC(Nc1ccc(F)c(F)c1)c1ccco1. The number of nitrogens with one attached hydrogen (secondary N) is 1. The van der Waals surface area contributed by atoms with Gasteiger partial charge in [0.05, 0.1) is 12.3 Å². The molecule has 0 aliphatic heterocycles. The molecule has 1 heterocycles. The van der Waals surface area contributed by atoms with Gasteiger partial charge in [-0.1, -0.05) is 6.92 Å². The van der Waals surface area contributed by atoms with Crippen LogP contribution in [0.3, 0.4) is 0 Å². The fourth-order valence-electron chi connectivity index (χ4n) is 1.65. The molecule has 0 saturated heterocycles. The van der Waals surface area contributed by atoms with Gasteiger partial charge < -0.3 is 9.73 Å². The van der Waals surface area contributed by atoms with Gasteiger partial charge in [0.25, 0.3) is 0 Å². The molecule has 90 valence electrons. The average molecular weight is 237 g/mol. The number of benzene rings is 1. The van der Waals surface area contributed by atoms with Crippen LogP contribution in [0.25, 0.3) is 0 Å². The van der Waals surface area contributed by atoms with Crippen LogP contribution in [0.5, 0.6) is 0 Å².